The van der Waals surface area contributed by atoms with E-state index in [1.807, 2.05) is 19.2 Å². The number of benzene rings is 1. The Morgan fingerprint density at radius 2 is 2.10 bits per heavy atom. The van der Waals surface area contributed by atoms with Gasteiger partial charge < -0.3 is 15.0 Å². The SMILES string of the molecule is CC(C)c1ccc(OCC(=O)N(C)C2CCNC2)cc1. The van der Waals surface area contributed by atoms with Crippen molar-refractivity contribution < 1.29 is 9.53 Å². The molecule has 1 atom stereocenters. The molecule has 1 N–H and O–H groups in total. The minimum atomic E-state index is 0.0339. The highest BCUT2D eigenvalue weighted by molar-refractivity contribution is 5.77. The molecular weight excluding hydrogens is 252 g/mol. The molecule has 20 heavy (non-hydrogen) atoms. The Kier molecular flexibility index (Phi) is 5.01. The third kappa shape index (κ3) is 3.73. The number of carbonyl (C=O) groups is 1. The number of rotatable bonds is 5. The number of hydrogen-bond donors (Lipinski definition) is 1. The molecule has 0 saturated carbocycles. The number of amides is 1. The average Bonchev–Trinajstić information content (AvgIpc) is 2.98. The van der Waals surface area contributed by atoms with Gasteiger partial charge in [0.1, 0.15) is 5.75 Å². The van der Waals surface area contributed by atoms with Gasteiger partial charge >= 0.3 is 0 Å². The van der Waals surface area contributed by atoms with Gasteiger partial charge in [0, 0.05) is 19.6 Å². The van der Waals surface area contributed by atoms with Crippen LogP contribution in [0, 0.1) is 0 Å². The summed E-state index contributed by atoms with van der Waals surface area (Å²) >= 11 is 0. The zero-order valence-corrected chi connectivity index (χ0v) is 12.6. The number of hydrogen-bond acceptors (Lipinski definition) is 3. The largest absolute Gasteiger partial charge is 0.484 e. The first-order chi connectivity index (χ1) is 9.58. The molecule has 1 heterocycles. The van der Waals surface area contributed by atoms with Crippen LogP contribution >= 0.6 is 0 Å². The van der Waals surface area contributed by atoms with E-state index >= 15 is 0 Å². The maximum absolute atomic E-state index is 12.1. The van der Waals surface area contributed by atoms with Crippen molar-refractivity contribution in [2.75, 3.05) is 26.7 Å². The molecule has 0 bridgehead atoms. The van der Waals surface area contributed by atoms with Crippen molar-refractivity contribution >= 4 is 5.91 Å². The van der Waals surface area contributed by atoms with E-state index in [-0.39, 0.29) is 12.5 Å². The molecule has 4 nitrogen and oxygen atoms in total. The summed E-state index contributed by atoms with van der Waals surface area (Å²) in [7, 11) is 1.85. The lowest BCUT2D eigenvalue weighted by atomic mass is 10.0. The fraction of sp³-hybridized carbons (Fsp3) is 0.562. The highest BCUT2D eigenvalue weighted by Gasteiger charge is 2.23. The zero-order chi connectivity index (χ0) is 14.5. The quantitative estimate of drug-likeness (QED) is 0.894. The van der Waals surface area contributed by atoms with Crippen molar-refractivity contribution in [3.05, 3.63) is 29.8 Å². The van der Waals surface area contributed by atoms with Crippen LogP contribution in [0.15, 0.2) is 24.3 Å². The van der Waals surface area contributed by atoms with Crippen molar-refractivity contribution in [1.29, 1.82) is 0 Å². The molecule has 1 aliphatic rings. The van der Waals surface area contributed by atoms with Crippen LogP contribution in [0.3, 0.4) is 0 Å². The second-order valence-electron chi connectivity index (χ2n) is 5.66. The van der Waals surface area contributed by atoms with E-state index in [1.165, 1.54) is 5.56 Å². The second kappa shape index (κ2) is 6.75. The number of nitrogens with zero attached hydrogens (tertiary/aromatic N) is 1. The summed E-state index contributed by atoms with van der Waals surface area (Å²) in [6, 6.07) is 8.26. The molecule has 2 rings (SSSR count). The van der Waals surface area contributed by atoms with Gasteiger partial charge in [0.05, 0.1) is 0 Å². The van der Waals surface area contributed by atoms with Gasteiger partial charge in [-0.2, -0.15) is 0 Å². The summed E-state index contributed by atoms with van der Waals surface area (Å²) in [6.07, 6.45) is 1.02. The van der Waals surface area contributed by atoms with Crippen LogP contribution in [0.25, 0.3) is 0 Å². The van der Waals surface area contributed by atoms with E-state index in [2.05, 4.69) is 31.3 Å². The van der Waals surface area contributed by atoms with Gasteiger partial charge in [-0.25, -0.2) is 0 Å². The summed E-state index contributed by atoms with van der Waals surface area (Å²) in [4.78, 5) is 13.8. The van der Waals surface area contributed by atoms with Crippen LogP contribution in [-0.4, -0.2) is 43.6 Å². The normalized spacial score (nSPS) is 18.3. The van der Waals surface area contributed by atoms with E-state index in [0.717, 1.165) is 25.3 Å². The average molecular weight is 276 g/mol. The molecule has 0 spiro atoms. The minimum absolute atomic E-state index is 0.0339. The van der Waals surface area contributed by atoms with Crippen molar-refractivity contribution in [1.82, 2.24) is 10.2 Å². The van der Waals surface area contributed by atoms with Crippen LogP contribution in [0.4, 0.5) is 0 Å². The molecule has 1 fully saturated rings. The fourth-order valence-corrected chi connectivity index (χ4v) is 2.37. The van der Waals surface area contributed by atoms with Gasteiger partial charge in [0.2, 0.25) is 0 Å². The smallest absolute Gasteiger partial charge is 0.260 e. The van der Waals surface area contributed by atoms with E-state index in [0.29, 0.717) is 12.0 Å². The van der Waals surface area contributed by atoms with E-state index in [4.69, 9.17) is 4.74 Å². The molecule has 1 amide bonds. The van der Waals surface area contributed by atoms with Crippen LogP contribution in [0.2, 0.25) is 0 Å². The fourth-order valence-electron chi connectivity index (χ4n) is 2.37. The van der Waals surface area contributed by atoms with E-state index in [1.54, 1.807) is 4.90 Å². The van der Waals surface area contributed by atoms with Gasteiger partial charge in [-0.3, -0.25) is 4.79 Å². The molecule has 1 aromatic rings. The molecule has 1 unspecified atom stereocenters. The Labute approximate surface area is 121 Å². The summed E-state index contributed by atoms with van der Waals surface area (Å²) in [5, 5.41) is 3.26. The Balaban J connectivity index is 1.83. The summed E-state index contributed by atoms with van der Waals surface area (Å²) in [5.74, 6) is 1.29. The first kappa shape index (κ1) is 14.9. The molecule has 0 aliphatic carbocycles. The molecule has 110 valence electrons. The molecule has 4 heteroatoms. The van der Waals surface area contributed by atoms with Gasteiger partial charge in [-0.1, -0.05) is 26.0 Å². The van der Waals surface area contributed by atoms with Crippen molar-refractivity contribution in [3.63, 3.8) is 0 Å². The van der Waals surface area contributed by atoms with Crippen molar-refractivity contribution in [2.45, 2.75) is 32.2 Å². The van der Waals surface area contributed by atoms with Crippen LogP contribution in [0.5, 0.6) is 5.75 Å². The molecule has 0 radical (unpaired) electrons. The van der Waals surface area contributed by atoms with Crippen LogP contribution in [-0.2, 0) is 4.79 Å². The Morgan fingerprint density at radius 3 is 2.65 bits per heavy atom. The molecular formula is C16H24N2O2. The topological polar surface area (TPSA) is 41.6 Å². The minimum Gasteiger partial charge on any atom is -0.484 e. The third-order valence-electron chi connectivity index (χ3n) is 3.88. The lowest BCUT2D eigenvalue weighted by Gasteiger charge is -2.23. The Bertz CT molecular complexity index is 436. The highest BCUT2D eigenvalue weighted by Crippen LogP contribution is 2.18. The first-order valence-electron chi connectivity index (χ1n) is 7.27. The summed E-state index contributed by atoms with van der Waals surface area (Å²) in [6.45, 7) is 6.28. The van der Waals surface area contributed by atoms with Crippen LogP contribution < -0.4 is 10.1 Å². The van der Waals surface area contributed by atoms with Gasteiger partial charge in [0.25, 0.3) is 5.91 Å². The van der Waals surface area contributed by atoms with Crippen molar-refractivity contribution in [2.24, 2.45) is 0 Å². The number of nitrogens with one attached hydrogen (secondary N) is 1. The molecule has 1 saturated heterocycles. The number of likely N-dealkylation sites (N-methyl/N-ethyl adjacent to an activating group) is 1. The van der Waals surface area contributed by atoms with Crippen molar-refractivity contribution in [3.8, 4) is 5.75 Å². The summed E-state index contributed by atoms with van der Waals surface area (Å²) < 4.78 is 5.57. The molecule has 0 aromatic heterocycles. The second-order valence-corrected chi connectivity index (χ2v) is 5.66. The third-order valence-corrected chi connectivity index (χ3v) is 3.88. The van der Waals surface area contributed by atoms with Gasteiger partial charge in [0.15, 0.2) is 6.61 Å². The van der Waals surface area contributed by atoms with Gasteiger partial charge in [-0.15, -0.1) is 0 Å². The predicted octanol–water partition coefficient (Wildman–Crippen LogP) is 2.01. The lowest BCUT2D eigenvalue weighted by molar-refractivity contribution is -0.133. The maximum atomic E-state index is 12.1. The van der Waals surface area contributed by atoms with E-state index < -0.39 is 0 Å². The zero-order valence-electron chi connectivity index (χ0n) is 12.6. The number of ether oxygens (including phenoxy) is 1. The first-order valence-corrected chi connectivity index (χ1v) is 7.27. The van der Waals surface area contributed by atoms with E-state index in [9.17, 15) is 4.79 Å². The monoisotopic (exact) mass is 276 g/mol. The number of carbonyl (C=O) groups excluding carboxylic acids is 1. The molecule has 1 aromatic carbocycles. The van der Waals surface area contributed by atoms with Crippen LogP contribution in [0.1, 0.15) is 31.7 Å². The van der Waals surface area contributed by atoms with Gasteiger partial charge in [-0.05, 0) is 36.6 Å². The summed E-state index contributed by atoms with van der Waals surface area (Å²) in [5.41, 5.74) is 1.28. The predicted molar refractivity (Wildman–Crippen MR) is 80.1 cm³/mol. The lowest BCUT2D eigenvalue weighted by Crippen LogP contribution is -2.40. The highest BCUT2D eigenvalue weighted by atomic mass is 16.5. The Morgan fingerprint density at radius 1 is 1.40 bits per heavy atom. The Hall–Kier alpha value is -1.55. The maximum Gasteiger partial charge on any atom is 0.260 e. The molecule has 1 aliphatic heterocycles. The standard InChI is InChI=1S/C16H24N2O2/c1-12(2)13-4-6-15(7-5-13)20-11-16(19)18(3)14-8-9-17-10-14/h4-7,12,14,17H,8-11H2,1-3H3.